The van der Waals surface area contributed by atoms with Crippen molar-refractivity contribution in [1.82, 2.24) is 5.32 Å². The molecule has 26 heavy (non-hydrogen) atoms. The van der Waals surface area contributed by atoms with Crippen molar-refractivity contribution in [2.24, 2.45) is 4.99 Å². The zero-order valence-corrected chi connectivity index (χ0v) is 14.9. The molecule has 1 amide bonds. The molecule has 1 aliphatic carbocycles. The highest BCUT2D eigenvalue weighted by molar-refractivity contribution is 8.05. The molecule has 0 bridgehead atoms. The van der Waals surface area contributed by atoms with Crippen LogP contribution in [-0.4, -0.2) is 29.7 Å². The highest BCUT2D eigenvalue weighted by Gasteiger charge is 2.36. The van der Waals surface area contributed by atoms with Gasteiger partial charge in [-0.15, -0.1) is 0 Å². The molecule has 1 N–H and O–H groups in total. The van der Waals surface area contributed by atoms with Crippen molar-refractivity contribution in [3.05, 3.63) is 76.2 Å². The van der Waals surface area contributed by atoms with Crippen molar-refractivity contribution < 1.29 is 14.3 Å². The third-order valence-corrected chi connectivity index (χ3v) is 5.23. The Morgan fingerprint density at radius 1 is 1.08 bits per heavy atom. The van der Waals surface area contributed by atoms with E-state index in [-0.39, 0.29) is 6.61 Å². The second-order valence-corrected chi connectivity index (χ2v) is 6.85. The van der Waals surface area contributed by atoms with Crippen molar-refractivity contribution in [3.63, 3.8) is 0 Å². The maximum absolute atomic E-state index is 11.9. The lowest BCUT2D eigenvalue weighted by Gasteiger charge is -2.11. The summed E-state index contributed by atoms with van der Waals surface area (Å²) < 4.78 is 4.73. The van der Waals surface area contributed by atoms with Crippen LogP contribution in [0.5, 0.6) is 0 Å². The number of allylic oxidation sites excluding steroid dienone is 1. The van der Waals surface area contributed by atoms with Gasteiger partial charge in [-0.05, 0) is 18.1 Å². The van der Waals surface area contributed by atoms with Crippen molar-refractivity contribution in [3.8, 4) is 0 Å². The zero-order chi connectivity index (χ0) is 18.1. The third kappa shape index (κ3) is 2.82. The number of nitrogens with zero attached hydrogens (tertiary/aromatic N) is 1. The number of carbonyl (C=O) groups is 2. The van der Waals surface area contributed by atoms with E-state index in [0.717, 1.165) is 32.9 Å². The zero-order valence-electron chi connectivity index (χ0n) is 14.1. The minimum Gasteiger partial charge on any atom is -0.459 e. The molecule has 0 aromatic heterocycles. The third-order valence-electron chi connectivity index (χ3n) is 4.15. The van der Waals surface area contributed by atoms with Crippen LogP contribution in [0, 0.1) is 0 Å². The Morgan fingerprint density at radius 2 is 1.77 bits per heavy atom. The quantitative estimate of drug-likeness (QED) is 0.672. The molecular formula is C20H16N2O3S. The summed E-state index contributed by atoms with van der Waals surface area (Å²) >= 11 is 1.44. The Bertz CT molecular complexity index is 951. The number of hydrogen-bond acceptors (Lipinski definition) is 5. The fourth-order valence-electron chi connectivity index (χ4n) is 3.09. The van der Waals surface area contributed by atoms with E-state index in [1.165, 1.54) is 11.8 Å². The Kier molecular flexibility index (Phi) is 4.34. The first-order valence-electron chi connectivity index (χ1n) is 8.31. The van der Waals surface area contributed by atoms with Gasteiger partial charge >= 0.3 is 11.9 Å². The van der Waals surface area contributed by atoms with Crippen LogP contribution in [0.15, 0.2) is 64.5 Å². The maximum Gasteiger partial charge on any atom is 0.396 e. The minimum atomic E-state index is -0.886. The molecule has 0 saturated heterocycles. The minimum absolute atomic E-state index is 0.162. The lowest BCUT2D eigenvalue weighted by molar-refractivity contribution is -0.154. The van der Waals surface area contributed by atoms with Gasteiger partial charge in [-0.2, -0.15) is 0 Å². The molecular weight excluding hydrogens is 348 g/mol. The van der Waals surface area contributed by atoms with E-state index in [1.54, 1.807) is 6.92 Å². The molecule has 6 heteroatoms. The average Bonchev–Trinajstić information content (AvgIpc) is 3.19. The molecule has 5 nitrogen and oxygen atoms in total. The molecule has 0 saturated carbocycles. The lowest BCUT2D eigenvalue weighted by atomic mass is 9.99. The average molecular weight is 364 g/mol. The number of esters is 1. The monoisotopic (exact) mass is 364 g/mol. The van der Waals surface area contributed by atoms with Crippen molar-refractivity contribution >= 4 is 34.9 Å². The van der Waals surface area contributed by atoms with Gasteiger partial charge in [0.25, 0.3) is 0 Å². The van der Waals surface area contributed by atoms with E-state index in [9.17, 15) is 9.59 Å². The van der Waals surface area contributed by atoms with Gasteiger partial charge in [0.05, 0.1) is 12.3 Å². The van der Waals surface area contributed by atoms with Gasteiger partial charge in [-0.1, -0.05) is 66.4 Å². The van der Waals surface area contributed by atoms with Gasteiger partial charge in [0, 0.05) is 16.0 Å². The molecule has 0 spiro atoms. The van der Waals surface area contributed by atoms with Crippen molar-refractivity contribution in [2.75, 3.05) is 6.61 Å². The SMILES string of the molecule is CCOC(=O)C(=O)NC1N=C2C(=C(c3ccccc3)c3ccccc32)S1. The van der Waals surface area contributed by atoms with Crippen LogP contribution in [0.25, 0.3) is 5.57 Å². The largest absolute Gasteiger partial charge is 0.459 e. The molecule has 2 aromatic rings. The van der Waals surface area contributed by atoms with Gasteiger partial charge in [-0.25, -0.2) is 9.79 Å². The Hall–Kier alpha value is -2.86. The number of benzene rings is 2. The fraction of sp³-hybridized carbons (Fsp3) is 0.150. The van der Waals surface area contributed by atoms with E-state index in [1.807, 2.05) is 36.4 Å². The molecule has 0 radical (unpaired) electrons. The summed E-state index contributed by atoms with van der Waals surface area (Å²) in [5.41, 5.74) is 4.71. The number of nitrogens with one attached hydrogen (secondary N) is 1. The van der Waals surface area contributed by atoms with Crippen LogP contribution in [0.3, 0.4) is 0 Å². The van der Waals surface area contributed by atoms with Crippen LogP contribution in [0.2, 0.25) is 0 Å². The Morgan fingerprint density at radius 3 is 2.50 bits per heavy atom. The molecule has 2 aromatic carbocycles. The highest BCUT2D eigenvalue weighted by atomic mass is 32.2. The number of hydrogen-bond donors (Lipinski definition) is 1. The molecule has 4 rings (SSSR count). The number of fused-ring (bicyclic) bond motifs is 3. The van der Waals surface area contributed by atoms with Crippen LogP contribution in [-0.2, 0) is 14.3 Å². The number of amides is 1. The number of ether oxygens (including phenoxy) is 1. The molecule has 1 atom stereocenters. The summed E-state index contributed by atoms with van der Waals surface area (Å²) in [6.07, 6.45) is 0. The van der Waals surface area contributed by atoms with Crippen LogP contribution < -0.4 is 5.32 Å². The highest BCUT2D eigenvalue weighted by Crippen LogP contribution is 2.47. The first-order chi connectivity index (χ1) is 12.7. The number of thioether (sulfide) groups is 1. The van der Waals surface area contributed by atoms with Crippen LogP contribution >= 0.6 is 11.8 Å². The summed E-state index contributed by atoms with van der Waals surface area (Å²) in [5.74, 6) is -1.66. The van der Waals surface area contributed by atoms with Gasteiger partial charge < -0.3 is 10.1 Å². The summed E-state index contributed by atoms with van der Waals surface area (Å²) in [7, 11) is 0. The standard InChI is InChI=1S/C20H16N2O3S/c1-2-25-19(24)18(23)22-20-21-16-14-11-7-6-10-13(14)15(17(16)26-20)12-8-4-3-5-9-12/h3-11,20H,2H2,1H3,(H,22,23). The van der Waals surface area contributed by atoms with Crippen LogP contribution in [0.1, 0.15) is 23.6 Å². The Balaban J connectivity index is 1.69. The van der Waals surface area contributed by atoms with E-state index < -0.39 is 17.4 Å². The second kappa shape index (κ2) is 6.80. The van der Waals surface area contributed by atoms with Crippen LogP contribution in [0.4, 0.5) is 0 Å². The molecule has 2 aliphatic rings. The van der Waals surface area contributed by atoms with E-state index in [0.29, 0.717) is 0 Å². The predicted octanol–water partition coefficient (Wildman–Crippen LogP) is 2.96. The lowest BCUT2D eigenvalue weighted by Crippen LogP contribution is -2.37. The molecule has 1 heterocycles. The van der Waals surface area contributed by atoms with E-state index >= 15 is 0 Å². The molecule has 0 fully saturated rings. The second-order valence-electron chi connectivity index (χ2n) is 5.76. The predicted molar refractivity (Wildman–Crippen MR) is 102 cm³/mol. The van der Waals surface area contributed by atoms with E-state index in [4.69, 9.17) is 4.74 Å². The summed E-state index contributed by atoms with van der Waals surface area (Å²) in [6, 6.07) is 18.2. The number of aliphatic imine (C=N–C) groups is 1. The topological polar surface area (TPSA) is 67.8 Å². The summed E-state index contributed by atoms with van der Waals surface area (Å²) in [4.78, 5) is 29.1. The smallest absolute Gasteiger partial charge is 0.396 e. The van der Waals surface area contributed by atoms with Gasteiger partial charge in [0.2, 0.25) is 0 Å². The number of rotatable bonds is 3. The van der Waals surface area contributed by atoms with E-state index in [2.05, 4.69) is 28.5 Å². The molecule has 1 unspecified atom stereocenters. The maximum atomic E-state index is 11.9. The van der Waals surface area contributed by atoms with Crippen molar-refractivity contribution in [2.45, 2.75) is 12.4 Å². The summed E-state index contributed by atoms with van der Waals surface area (Å²) in [6.45, 7) is 1.82. The normalized spacial score (nSPS) is 17.4. The molecule has 130 valence electrons. The number of carbonyl (C=O) groups excluding carboxylic acids is 2. The Labute approximate surface area is 155 Å². The van der Waals surface area contributed by atoms with Gasteiger partial charge in [0.15, 0.2) is 5.50 Å². The van der Waals surface area contributed by atoms with Crippen molar-refractivity contribution in [1.29, 1.82) is 0 Å². The first kappa shape index (κ1) is 16.6. The fourth-order valence-corrected chi connectivity index (χ4v) is 4.26. The summed E-state index contributed by atoms with van der Waals surface area (Å²) in [5, 5.41) is 2.62. The van der Waals surface area contributed by atoms with Gasteiger partial charge in [0.1, 0.15) is 0 Å². The van der Waals surface area contributed by atoms with Gasteiger partial charge in [-0.3, -0.25) is 4.79 Å². The molecule has 1 aliphatic heterocycles. The first-order valence-corrected chi connectivity index (χ1v) is 9.19.